The highest BCUT2D eigenvalue weighted by Gasteiger charge is 2.50. The molecule has 0 aliphatic carbocycles. The monoisotopic (exact) mass is 521 g/mol. The predicted molar refractivity (Wildman–Crippen MR) is 135 cm³/mol. The molecule has 1 aliphatic rings. The number of benzene rings is 3. The second kappa shape index (κ2) is 12.9. The molecule has 38 heavy (non-hydrogen) atoms. The molecule has 0 aromatic heterocycles. The molecule has 0 bridgehead atoms. The SMILES string of the molecule is CC(=O)NC1C(OC(=O)c2ccccc2)[C@H](F)C(COC(=O)c2ccccc2)O[C@@H]1OCc1ccccc1. The van der Waals surface area contributed by atoms with Crippen molar-refractivity contribution in [3.63, 3.8) is 0 Å². The van der Waals surface area contributed by atoms with Crippen molar-refractivity contribution in [2.45, 2.75) is 44.2 Å². The largest absolute Gasteiger partial charge is 0.459 e. The summed E-state index contributed by atoms with van der Waals surface area (Å²) in [5, 5.41) is 2.60. The summed E-state index contributed by atoms with van der Waals surface area (Å²) in [6, 6.07) is 24.4. The van der Waals surface area contributed by atoms with Crippen LogP contribution in [0.2, 0.25) is 0 Å². The van der Waals surface area contributed by atoms with Crippen LogP contribution in [0.1, 0.15) is 33.2 Å². The molecule has 0 spiro atoms. The van der Waals surface area contributed by atoms with Crippen LogP contribution in [0.15, 0.2) is 91.0 Å². The van der Waals surface area contributed by atoms with Crippen molar-refractivity contribution < 1.29 is 37.7 Å². The van der Waals surface area contributed by atoms with Crippen molar-refractivity contribution in [3.05, 3.63) is 108 Å². The highest BCUT2D eigenvalue weighted by atomic mass is 19.1. The maximum atomic E-state index is 15.9. The molecule has 1 N–H and O–H groups in total. The van der Waals surface area contributed by atoms with Gasteiger partial charge >= 0.3 is 11.9 Å². The normalized spacial score (nSPS) is 22.7. The molecule has 0 saturated carbocycles. The Morgan fingerprint density at radius 1 is 0.842 bits per heavy atom. The lowest BCUT2D eigenvalue weighted by Gasteiger charge is -2.42. The van der Waals surface area contributed by atoms with E-state index in [4.69, 9.17) is 18.9 Å². The molecule has 1 saturated heterocycles. The van der Waals surface area contributed by atoms with E-state index in [2.05, 4.69) is 5.32 Å². The number of amides is 1. The van der Waals surface area contributed by atoms with Crippen molar-refractivity contribution in [2.24, 2.45) is 0 Å². The Kier molecular flexibility index (Phi) is 9.18. The third kappa shape index (κ3) is 7.02. The minimum Gasteiger partial charge on any atom is -0.459 e. The highest BCUT2D eigenvalue weighted by Crippen LogP contribution is 2.29. The summed E-state index contributed by atoms with van der Waals surface area (Å²) in [5.41, 5.74) is 1.31. The number of ether oxygens (including phenoxy) is 4. The number of carbonyl (C=O) groups is 3. The standard InChI is InChI=1S/C29H28FNO7/c1-19(32)31-25-26(38-28(34)22-15-9-4-10-16-22)24(30)23(18-35-27(33)21-13-7-3-8-14-21)37-29(25)36-17-20-11-5-2-6-12-20/h2-16,23-26,29H,17-18H2,1H3,(H,31,32)/t23?,24-,25?,26?,29+/m1/s1. The Morgan fingerprint density at radius 2 is 1.39 bits per heavy atom. The Morgan fingerprint density at radius 3 is 1.97 bits per heavy atom. The van der Waals surface area contributed by atoms with Gasteiger partial charge in [0.2, 0.25) is 5.91 Å². The Labute approximate surface area is 219 Å². The Hall–Kier alpha value is -4.08. The van der Waals surface area contributed by atoms with Gasteiger partial charge in [0.1, 0.15) is 18.8 Å². The number of rotatable bonds is 9. The number of halogens is 1. The van der Waals surface area contributed by atoms with E-state index in [9.17, 15) is 14.4 Å². The van der Waals surface area contributed by atoms with Crippen LogP contribution >= 0.6 is 0 Å². The first kappa shape index (κ1) is 27.0. The molecule has 9 heteroatoms. The molecule has 0 radical (unpaired) electrons. The molecule has 1 amide bonds. The van der Waals surface area contributed by atoms with E-state index >= 15 is 4.39 Å². The molecule has 3 unspecified atom stereocenters. The molecule has 3 aromatic carbocycles. The molecule has 1 aliphatic heterocycles. The van der Waals surface area contributed by atoms with Gasteiger partial charge in [-0.05, 0) is 29.8 Å². The lowest BCUT2D eigenvalue weighted by molar-refractivity contribution is -0.261. The molecule has 5 atom stereocenters. The van der Waals surface area contributed by atoms with E-state index in [1.54, 1.807) is 48.5 Å². The summed E-state index contributed by atoms with van der Waals surface area (Å²) in [4.78, 5) is 37.4. The number of alkyl halides is 1. The van der Waals surface area contributed by atoms with E-state index in [1.807, 2.05) is 30.3 Å². The van der Waals surface area contributed by atoms with Gasteiger partial charge in [-0.25, -0.2) is 14.0 Å². The van der Waals surface area contributed by atoms with Crippen LogP contribution in [-0.4, -0.2) is 55.2 Å². The Bertz CT molecular complexity index is 1210. The van der Waals surface area contributed by atoms with E-state index in [-0.39, 0.29) is 12.2 Å². The lowest BCUT2D eigenvalue weighted by atomic mass is 9.97. The van der Waals surface area contributed by atoms with Crippen molar-refractivity contribution in [1.29, 1.82) is 0 Å². The second-order valence-corrected chi connectivity index (χ2v) is 8.71. The smallest absolute Gasteiger partial charge is 0.338 e. The predicted octanol–water partition coefficient (Wildman–Crippen LogP) is 3.85. The third-order valence-corrected chi connectivity index (χ3v) is 5.89. The minimum atomic E-state index is -1.94. The summed E-state index contributed by atoms with van der Waals surface area (Å²) in [6.45, 7) is 0.867. The molecule has 8 nitrogen and oxygen atoms in total. The van der Waals surface area contributed by atoms with Gasteiger partial charge in [0.05, 0.1) is 17.7 Å². The first-order valence-corrected chi connectivity index (χ1v) is 12.1. The van der Waals surface area contributed by atoms with Crippen LogP contribution in [0.5, 0.6) is 0 Å². The average molecular weight is 522 g/mol. The molecular formula is C29H28FNO7. The first-order chi connectivity index (χ1) is 18.4. The van der Waals surface area contributed by atoms with Gasteiger partial charge in [0.15, 0.2) is 18.6 Å². The van der Waals surface area contributed by atoms with Crippen LogP contribution in [-0.2, 0) is 30.3 Å². The number of esters is 2. The van der Waals surface area contributed by atoms with Crippen LogP contribution < -0.4 is 5.32 Å². The maximum Gasteiger partial charge on any atom is 0.338 e. The van der Waals surface area contributed by atoms with Gasteiger partial charge in [-0.15, -0.1) is 0 Å². The van der Waals surface area contributed by atoms with Crippen LogP contribution in [0, 0.1) is 0 Å². The zero-order valence-electron chi connectivity index (χ0n) is 20.7. The van der Waals surface area contributed by atoms with E-state index in [1.165, 1.54) is 19.1 Å². The van der Waals surface area contributed by atoms with E-state index in [0.29, 0.717) is 5.56 Å². The summed E-state index contributed by atoms with van der Waals surface area (Å²) in [6.07, 6.45) is -5.97. The number of nitrogens with one attached hydrogen (secondary N) is 1. The van der Waals surface area contributed by atoms with Gasteiger partial charge in [-0.3, -0.25) is 4.79 Å². The molecule has 4 rings (SSSR count). The van der Waals surface area contributed by atoms with Gasteiger partial charge in [-0.1, -0.05) is 66.7 Å². The van der Waals surface area contributed by atoms with Crippen molar-refractivity contribution in [1.82, 2.24) is 5.32 Å². The van der Waals surface area contributed by atoms with Crippen LogP contribution in [0.4, 0.5) is 4.39 Å². The van der Waals surface area contributed by atoms with Crippen LogP contribution in [0.3, 0.4) is 0 Å². The average Bonchev–Trinajstić information content (AvgIpc) is 2.95. The zero-order valence-corrected chi connectivity index (χ0v) is 20.7. The fraction of sp³-hybridized carbons (Fsp3) is 0.276. The van der Waals surface area contributed by atoms with Crippen molar-refractivity contribution in [3.8, 4) is 0 Å². The van der Waals surface area contributed by atoms with Gasteiger partial charge < -0.3 is 24.3 Å². The molecule has 1 fully saturated rings. The zero-order chi connectivity index (χ0) is 26.9. The fourth-order valence-electron chi connectivity index (χ4n) is 4.03. The Balaban J connectivity index is 1.56. The first-order valence-electron chi connectivity index (χ1n) is 12.1. The number of hydrogen-bond acceptors (Lipinski definition) is 7. The summed E-state index contributed by atoms with van der Waals surface area (Å²) < 4.78 is 38.6. The van der Waals surface area contributed by atoms with Crippen molar-refractivity contribution >= 4 is 17.8 Å². The molecule has 1 heterocycles. The number of hydrogen-bond donors (Lipinski definition) is 1. The van der Waals surface area contributed by atoms with Crippen LogP contribution in [0.25, 0.3) is 0 Å². The van der Waals surface area contributed by atoms with Gasteiger partial charge in [0.25, 0.3) is 0 Å². The minimum absolute atomic E-state index is 0.0778. The quantitative estimate of drug-likeness (QED) is 0.427. The van der Waals surface area contributed by atoms with E-state index in [0.717, 1.165) is 5.56 Å². The molecule has 198 valence electrons. The number of carbonyl (C=O) groups excluding carboxylic acids is 3. The fourth-order valence-corrected chi connectivity index (χ4v) is 4.03. The lowest BCUT2D eigenvalue weighted by Crippen LogP contribution is -2.64. The third-order valence-electron chi connectivity index (χ3n) is 5.89. The molecule has 3 aromatic rings. The van der Waals surface area contributed by atoms with Gasteiger partial charge in [-0.2, -0.15) is 0 Å². The van der Waals surface area contributed by atoms with Gasteiger partial charge in [0, 0.05) is 6.92 Å². The topological polar surface area (TPSA) is 100 Å². The summed E-state index contributed by atoms with van der Waals surface area (Å²) in [5.74, 6) is -1.93. The van der Waals surface area contributed by atoms with Crippen molar-refractivity contribution in [2.75, 3.05) is 6.61 Å². The highest BCUT2D eigenvalue weighted by molar-refractivity contribution is 5.90. The summed E-state index contributed by atoms with van der Waals surface area (Å²) >= 11 is 0. The molecular weight excluding hydrogens is 493 g/mol. The maximum absolute atomic E-state index is 15.9. The second-order valence-electron chi connectivity index (χ2n) is 8.71. The van der Waals surface area contributed by atoms with E-state index < -0.39 is 55.2 Å². The summed E-state index contributed by atoms with van der Waals surface area (Å²) in [7, 11) is 0.